The standard InChI is InChI=1S/C26H38NO2P/c1-24(2,3)16-14-18(25(4,5)6)21(19(15-16)26(7,8)9)30-13-11-12-17-20(30)23(29)27(10)22(17)28/h11,13-15,17,20H,12H2,1-10H3. The van der Waals surface area contributed by atoms with Crippen LogP contribution < -0.4 is 5.30 Å². The van der Waals surface area contributed by atoms with E-state index in [0.717, 1.165) is 0 Å². The van der Waals surface area contributed by atoms with Gasteiger partial charge in [-0.05, 0) is 52.6 Å². The van der Waals surface area contributed by atoms with E-state index in [1.807, 2.05) is 0 Å². The Morgan fingerprint density at radius 3 is 1.77 bits per heavy atom. The lowest BCUT2D eigenvalue weighted by molar-refractivity contribution is -0.137. The van der Waals surface area contributed by atoms with Crippen molar-refractivity contribution in [2.45, 2.75) is 90.6 Å². The van der Waals surface area contributed by atoms with Crippen LogP contribution in [0.2, 0.25) is 0 Å². The molecule has 2 heterocycles. The topological polar surface area (TPSA) is 37.4 Å². The van der Waals surface area contributed by atoms with E-state index < -0.39 is 7.92 Å². The van der Waals surface area contributed by atoms with Crippen molar-refractivity contribution >= 4 is 25.0 Å². The highest BCUT2D eigenvalue weighted by atomic mass is 31.1. The molecule has 1 aromatic rings. The highest BCUT2D eigenvalue weighted by molar-refractivity contribution is 7.70. The van der Waals surface area contributed by atoms with E-state index >= 15 is 0 Å². The second-order valence-electron chi connectivity index (χ2n) is 12.0. The fraction of sp³-hybridized carbons (Fsp3) is 0.615. The molecular weight excluding hydrogens is 389 g/mol. The summed E-state index contributed by atoms with van der Waals surface area (Å²) in [4.78, 5) is 27.3. The largest absolute Gasteiger partial charge is 0.285 e. The van der Waals surface area contributed by atoms with E-state index in [4.69, 9.17) is 0 Å². The quantitative estimate of drug-likeness (QED) is 0.433. The highest BCUT2D eigenvalue weighted by Gasteiger charge is 2.51. The Kier molecular flexibility index (Phi) is 5.64. The van der Waals surface area contributed by atoms with Crippen molar-refractivity contribution < 1.29 is 9.59 Å². The maximum absolute atomic E-state index is 13.2. The Labute approximate surface area is 184 Å². The van der Waals surface area contributed by atoms with Crippen LogP contribution in [0.25, 0.3) is 0 Å². The second kappa shape index (κ2) is 7.30. The van der Waals surface area contributed by atoms with Crippen LogP contribution >= 0.6 is 7.92 Å². The lowest BCUT2D eigenvalue weighted by Crippen LogP contribution is -2.36. The number of rotatable bonds is 1. The molecule has 30 heavy (non-hydrogen) atoms. The summed E-state index contributed by atoms with van der Waals surface area (Å²) in [5, 5.41) is 1.32. The molecule has 0 spiro atoms. The predicted octanol–water partition coefficient (Wildman–Crippen LogP) is 5.59. The molecule has 2 amide bonds. The minimum Gasteiger partial charge on any atom is -0.285 e. The van der Waals surface area contributed by atoms with Gasteiger partial charge in [-0.1, -0.05) is 86.3 Å². The maximum Gasteiger partial charge on any atom is 0.237 e. The number of fused-ring (bicyclic) bond motifs is 1. The molecule has 0 radical (unpaired) electrons. The smallest absolute Gasteiger partial charge is 0.237 e. The number of hydrogen-bond acceptors (Lipinski definition) is 2. The van der Waals surface area contributed by atoms with E-state index in [9.17, 15) is 9.59 Å². The SMILES string of the molecule is CN1C(=O)C2CC=CP(c3c(C(C)(C)C)cc(C(C)(C)C)cc3C(C)(C)C)C2C1=O. The molecule has 0 N–H and O–H groups in total. The summed E-state index contributed by atoms with van der Waals surface area (Å²) in [6, 6.07) is 4.74. The minimum atomic E-state index is -0.911. The normalized spacial score (nSPS) is 25.1. The van der Waals surface area contributed by atoms with E-state index in [1.54, 1.807) is 7.05 Å². The highest BCUT2D eigenvalue weighted by Crippen LogP contribution is 2.56. The summed E-state index contributed by atoms with van der Waals surface area (Å²) < 4.78 is 0. The molecule has 0 saturated carbocycles. The first-order valence-electron chi connectivity index (χ1n) is 11.0. The van der Waals surface area contributed by atoms with Crippen molar-refractivity contribution in [1.82, 2.24) is 4.90 Å². The third kappa shape index (κ3) is 3.91. The number of amides is 2. The first-order valence-corrected chi connectivity index (χ1v) is 12.5. The molecule has 0 bridgehead atoms. The van der Waals surface area contributed by atoms with E-state index in [-0.39, 0.29) is 39.6 Å². The Morgan fingerprint density at radius 1 is 0.833 bits per heavy atom. The van der Waals surface area contributed by atoms with Crippen LogP contribution in [0.15, 0.2) is 24.0 Å². The van der Waals surface area contributed by atoms with Crippen LogP contribution in [0.1, 0.15) is 85.4 Å². The summed E-state index contributed by atoms with van der Waals surface area (Å²) in [6.07, 6.45) is 2.82. The molecule has 3 atom stereocenters. The molecule has 0 aromatic heterocycles. The van der Waals surface area contributed by atoms with E-state index in [2.05, 4.69) is 86.3 Å². The van der Waals surface area contributed by atoms with E-state index in [1.165, 1.54) is 26.9 Å². The first kappa shape index (κ1) is 23.2. The average molecular weight is 428 g/mol. The molecule has 3 unspecified atom stereocenters. The molecule has 2 aliphatic rings. The number of hydrogen-bond donors (Lipinski definition) is 0. The molecule has 0 aliphatic carbocycles. The van der Waals surface area contributed by atoms with Crippen molar-refractivity contribution in [2.24, 2.45) is 5.92 Å². The van der Waals surface area contributed by atoms with Gasteiger partial charge in [-0.2, -0.15) is 0 Å². The monoisotopic (exact) mass is 427 g/mol. The molecule has 1 fully saturated rings. The van der Waals surface area contributed by atoms with Crippen LogP contribution in [-0.4, -0.2) is 29.4 Å². The van der Waals surface area contributed by atoms with Crippen LogP contribution in [0.3, 0.4) is 0 Å². The third-order valence-electron chi connectivity index (χ3n) is 6.42. The third-order valence-corrected chi connectivity index (χ3v) is 9.13. The summed E-state index contributed by atoms with van der Waals surface area (Å²) >= 11 is 0. The van der Waals surface area contributed by atoms with Gasteiger partial charge in [0.25, 0.3) is 0 Å². The van der Waals surface area contributed by atoms with Crippen molar-refractivity contribution in [3.05, 3.63) is 40.7 Å². The van der Waals surface area contributed by atoms with E-state index in [0.29, 0.717) is 6.42 Å². The zero-order chi connectivity index (χ0) is 22.8. The van der Waals surface area contributed by atoms with Crippen LogP contribution in [-0.2, 0) is 25.8 Å². The zero-order valence-corrected chi connectivity index (χ0v) is 21.3. The number of imide groups is 1. The summed E-state index contributed by atoms with van der Waals surface area (Å²) in [6.45, 7) is 20.4. The van der Waals surface area contributed by atoms with Gasteiger partial charge in [0.05, 0.1) is 11.6 Å². The Hall–Kier alpha value is -1.47. The molecule has 1 aromatic carbocycles. The predicted molar refractivity (Wildman–Crippen MR) is 128 cm³/mol. The van der Waals surface area contributed by atoms with Crippen LogP contribution in [0.4, 0.5) is 0 Å². The van der Waals surface area contributed by atoms with Crippen molar-refractivity contribution in [2.75, 3.05) is 7.05 Å². The minimum absolute atomic E-state index is 0.0000717. The number of carbonyl (C=O) groups excluding carboxylic acids is 2. The number of benzene rings is 1. The fourth-order valence-electron chi connectivity index (χ4n) is 4.52. The molecular formula is C26H38NO2P. The van der Waals surface area contributed by atoms with Gasteiger partial charge in [0.1, 0.15) is 0 Å². The number of likely N-dealkylation sites (tertiary alicyclic amines) is 1. The van der Waals surface area contributed by atoms with Crippen molar-refractivity contribution in [3.8, 4) is 0 Å². The average Bonchev–Trinajstić information content (AvgIpc) is 2.83. The molecule has 164 valence electrons. The van der Waals surface area contributed by atoms with Gasteiger partial charge in [-0.15, -0.1) is 0 Å². The lowest BCUT2D eigenvalue weighted by atomic mass is 9.75. The Balaban J connectivity index is 2.35. The fourth-order valence-corrected chi connectivity index (χ4v) is 7.89. The van der Waals surface area contributed by atoms with Gasteiger partial charge in [0.2, 0.25) is 11.8 Å². The summed E-state index contributed by atoms with van der Waals surface area (Å²) in [5.74, 6) is 2.04. The Bertz CT molecular complexity index is 873. The number of nitrogens with zero attached hydrogens (tertiary/aromatic N) is 1. The van der Waals surface area contributed by atoms with Crippen LogP contribution in [0, 0.1) is 5.92 Å². The van der Waals surface area contributed by atoms with Gasteiger partial charge in [-0.25, -0.2) is 0 Å². The van der Waals surface area contributed by atoms with Gasteiger partial charge in [-0.3, -0.25) is 14.5 Å². The van der Waals surface area contributed by atoms with Gasteiger partial charge < -0.3 is 0 Å². The number of carbonyl (C=O) groups is 2. The van der Waals surface area contributed by atoms with Crippen molar-refractivity contribution in [1.29, 1.82) is 0 Å². The second-order valence-corrected chi connectivity index (χ2v) is 14.1. The van der Waals surface area contributed by atoms with Gasteiger partial charge >= 0.3 is 0 Å². The summed E-state index contributed by atoms with van der Waals surface area (Å²) in [7, 11) is 0.737. The molecule has 3 nitrogen and oxygen atoms in total. The van der Waals surface area contributed by atoms with Gasteiger partial charge in [0.15, 0.2) is 0 Å². The molecule has 1 saturated heterocycles. The first-order chi connectivity index (χ1) is 13.5. The lowest BCUT2D eigenvalue weighted by Gasteiger charge is -2.38. The zero-order valence-electron chi connectivity index (χ0n) is 20.4. The molecule has 4 heteroatoms. The van der Waals surface area contributed by atoms with Crippen molar-refractivity contribution in [3.63, 3.8) is 0 Å². The number of allylic oxidation sites excluding steroid dienone is 1. The van der Waals surface area contributed by atoms with Crippen LogP contribution in [0.5, 0.6) is 0 Å². The Morgan fingerprint density at radius 2 is 1.33 bits per heavy atom. The molecule has 2 aliphatic heterocycles. The van der Waals surface area contributed by atoms with Gasteiger partial charge in [0, 0.05) is 7.05 Å². The maximum atomic E-state index is 13.2. The summed E-state index contributed by atoms with van der Waals surface area (Å²) in [5.41, 5.74) is 3.67. The molecule has 3 rings (SSSR count).